The first-order chi connectivity index (χ1) is 21.9. The van der Waals surface area contributed by atoms with E-state index in [4.69, 9.17) is 23.2 Å². The first kappa shape index (κ1) is 34.9. The summed E-state index contributed by atoms with van der Waals surface area (Å²) in [5.41, 5.74) is 2.34. The number of aryl methyl sites for hydroxylation is 1. The maximum Gasteiger partial charge on any atom is 0.264 e. The largest absolute Gasteiger partial charge is 0.352 e. The average Bonchev–Trinajstić information content (AvgIpc) is 3.04. The Morgan fingerprint density at radius 1 is 0.870 bits per heavy atom. The highest BCUT2D eigenvalue weighted by Gasteiger charge is 2.35. The highest BCUT2D eigenvalue weighted by atomic mass is 35.5. The quantitative estimate of drug-likeness (QED) is 0.162. The second-order valence-corrected chi connectivity index (χ2v) is 13.8. The van der Waals surface area contributed by atoms with Crippen LogP contribution in [0.3, 0.4) is 0 Å². The van der Waals surface area contributed by atoms with E-state index in [0.717, 1.165) is 15.4 Å². The lowest BCUT2D eigenvalue weighted by molar-refractivity contribution is -0.140. The van der Waals surface area contributed by atoms with Crippen molar-refractivity contribution in [3.63, 3.8) is 0 Å². The van der Waals surface area contributed by atoms with Crippen molar-refractivity contribution in [2.24, 2.45) is 0 Å². The molecule has 0 radical (unpaired) electrons. The predicted molar refractivity (Wildman–Crippen MR) is 181 cm³/mol. The molecule has 0 aliphatic carbocycles. The number of benzene rings is 4. The van der Waals surface area contributed by atoms with Gasteiger partial charge in [0.25, 0.3) is 10.0 Å². The van der Waals surface area contributed by atoms with Gasteiger partial charge in [0, 0.05) is 19.0 Å². The molecule has 46 heavy (non-hydrogen) atoms. The van der Waals surface area contributed by atoms with Crippen molar-refractivity contribution in [2.75, 3.05) is 10.8 Å². The number of carbonyl (C=O) groups is 2. The molecule has 7 nitrogen and oxygen atoms in total. The fourth-order valence-corrected chi connectivity index (χ4v) is 6.49. The number of hydrogen-bond donors (Lipinski definition) is 1. The van der Waals surface area contributed by atoms with Crippen LogP contribution < -0.4 is 9.62 Å². The van der Waals surface area contributed by atoms with Crippen LogP contribution in [0.5, 0.6) is 0 Å². The summed E-state index contributed by atoms with van der Waals surface area (Å²) in [6, 6.07) is 24.2. The lowest BCUT2D eigenvalue weighted by Gasteiger charge is -2.34. The molecule has 0 bridgehead atoms. The molecule has 11 heteroatoms. The van der Waals surface area contributed by atoms with Crippen LogP contribution in [0.15, 0.2) is 102 Å². The Hall–Kier alpha value is -3.92. The maximum absolute atomic E-state index is 14.5. The van der Waals surface area contributed by atoms with Gasteiger partial charge in [0.05, 0.1) is 20.6 Å². The van der Waals surface area contributed by atoms with E-state index < -0.39 is 40.2 Å². The number of nitrogens with one attached hydrogen (secondary N) is 1. The van der Waals surface area contributed by atoms with E-state index in [9.17, 15) is 22.4 Å². The molecule has 0 aliphatic heterocycles. The van der Waals surface area contributed by atoms with Gasteiger partial charge in [0.15, 0.2) is 0 Å². The van der Waals surface area contributed by atoms with Gasteiger partial charge in [-0.1, -0.05) is 90.3 Å². The molecule has 242 valence electrons. The van der Waals surface area contributed by atoms with Gasteiger partial charge in [-0.25, -0.2) is 12.8 Å². The van der Waals surface area contributed by atoms with Gasteiger partial charge in [-0.05, 0) is 73.9 Å². The number of hydrogen-bond acceptors (Lipinski definition) is 4. The fraction of sp³-hybridized carbons (Fsp3) is 0.257. The van der Waals surface area contributed by atoms with Crippen molar-refractivity contribution < 1.29 is 22.4 Å². The number of sulfonamides is 1. The van der Waals surface area contributed by atoms with Crippen LogP contribution in [0.25, 0.3) is 0 Å². The number of anilines is 1. The summed E-state index contributed by atoms with van der Waals surface area (Å²) >= 11 is 12.5. The summed E-state index contributed by atoms with van der Waals surface area (Å²) in [7, 11) is -4.30. The second kappa shape index (κ2) is 15.6. The number of carbonyl (C=O) groups excluding carboxylic acids is 2. The Morgan fingerprint density at radius 3 is 2.13 bits per heavy atom. The topological polar surface area (TPSA) is 86.8 Å². The van der Waals surface area contributed by atoms with E-state index in [0.29, 0.717) is 12.0 Å². The van der Waals surface area contributed by atoms with Crippen LogP contribution in [0, 0.1) is 12.7 Å². The van der Waals surface area contributed by atoms with Gasteiger partial charge in [0.1, 0.15) is 18.4 Å². The summed E-state index contributed by atoms with van der Waals surface area (Å²) < 4.78 is 43.1. The minimum atomic E-state index is -4.30. The van der Waals surface area contributed by atoms with E-state index in [1.807, 2.05) is 51.1 Å². The number of amides is 2. The van der Waals surface area contributed by atoms with Crippen molar-refractivity contribution in [3.8, 4) is 0 Å². The molecule has 0 aromatic heterocycles. The molecule has 1 N–H and O–H groups in total. The number of nitrogens with zero attached hydrogens (tertiary/aromatic N) is 2. The fourth-order valence-electron chi connectivity index (χ4n) is 4.79. The molecular formula is C35H36Cl2FN3O4S. The average molecular weight is 685 g/mol. The lowest BCUT2D eigenvalue weighted by atomic mass is 10.0. The highest BCUT2D eigenvalue weighted by molar-refractivity contribution is 7.92. The van der Waals surface area contributed by atoms with E-state index in [1.54, 1.807) is 12.1 Å². The Bertz CT molecular complexity index is 1760. The Kier molecular flexibility index (Phi) is 11.8. The van der Waals surface area contributed by atoms with Crippen LogP contribution in [-0.2, 0) is 32.6 Å². The minimum Gasteiger partial charge on any atom is -0.352 e. The number of rotatable bonds is 13. The lowest BCUT2D eigenvalue weighted by Crippen LogP contribution is -2.54. The molecule has 0 fully saturated rings. The summed E-state index contributed by atoms with van der Waals surface area (Å²) in [5, 5.41) is 3.30. The molecule has 0 heterocycles. The van der Waals surface area contributed by atoms with E-state index in [1.165, 1.54) is 59.5 Å². The molecule has 4 rings (SSSR count). The summed E-state index contributed by atoms with van der Waals surface area (Å²) in [6.07, 6.45) is 0.823. The van der Waals surface area contributed by atoms with Gasteiger partial charge >= 0.3 is 0 Å². The van der Waals surface area contributed by atoms with Gasteiger partial charge < -0.3 is 10.2 Å². The summed E-state index contributed by atoms with van der Waals surface area (Å²) in [5.74, 6) is -1.49. The van der Waals surface area contributed by atoms with Crippen LogP contribution >= 0.6 is 23.2 Å². The van der Waals surface area contributed by atoms with Crippen LogP contribution in [0.4, 0.5) is 10.1 Å². The van der Waals surface area contributed by atoms with E-state index in [2.05, 4.69) is 5.32 Å². The molecular weight excluding hydrogens is 648 g/mol. The van der Waals surface area contributed by atoms with Crippen molar-refractivity contribution in [1.29, 1.82) is 0 Å². The standard InChI is InChI=1S/C35H36Cl2FN3O4S/c1-4-25(3)39-35(43)33(20-26-8-6-5-7-9-26)40(22-27-12-14-28(38)15-13-27)34(42)23-41(29-16-19-31(36)32(37)21-29)46(44,45)30-17-10-24(2)11-18-30/h5-19,21,25,33H,4,20,22-23H2,1-3H3,(H,39,43)/t25-,33+/m1/s1. The van der Waals surface area contributed by atoms with Crippen molar-refractivity contribution in [2.45, 2.75) is 57.1 Å². The molecule has 4 aromatic carbocycles. The smallest absolute Gasteiger partial charge is 0.264 e. The first-order valence-corrected chi connectivity index (χ1v) is 17.0. The second-order valence-electron chi connectivity index (χ2n) is 11.1. The third-order valence-electron chi connectivity index (χ3n) is 7.62. The highest BCUT2D eigenvalue weighted by Crippen LogP contribution is 2.31. The molecule has 0 saturated carbocycles. The van der Waals surface area contributed by atoms with E-state index >= 15 is 0 Å². The molecule has 4 aromatic rings. The monoisotopic (exact) mass is 683 g/mol. The van der Waals surface area contributed by atoms with Gasteiger partial charge in [0.2, 0.25) is 11.8 Å². The Morgan fingerprint density at radius 2 is 1.52 bits per heavy atom. The van der Waals surface area contributed by atoms with Crippen LogP contribution in [0.2, 0.25) is 10.0 Å². The minimum absolute atomic E-state index is 0.0302. The van der Waals surface area contributed by atoms with Crippen molar-refractivity contribution in [3.05, 3.63) is 130 Å². The third kappa shape index (κ3) is 8.87. The third-order valence-corrected chi connectivity index (χ3v) is 10.1. The Labute approximate surface area is 280 Å². The van der Waals surface area contributed by atoms with Crippen LogP contribution in [0.1, 0.15) is 37.0 Å². The molecule has 0 aliphatic rings. The first-order valence-electron chi connectivity index (χ1n) is 14.8. The van der Waals surface area contributed by atoms with Crippen LogP contribution in [-0.4, -0.2) is 43.8 Å². The summed E-state index contributed by atoms with van der Waals surface area (Å²) in [6.45, 7) is 4.90. The zero-order valence-corrected chi connectivity index (χ0v) is 28.1. The molecule has 0 spiro atoms. The predicted octanol–water partition coefficient (Wildman–Crippen LogP) is 7.19. The number of halogens is 3. The summed E-state index contributed by atoms with van der Waals surface area (Å²) in [4.78, 5) is 29.7. The van der Waals surface area contributed by atoms with Crippen molar-refractivity contribution in [1.82, 2.24) is 10.2 Å². The van der Waals surface area contributed by atoms with Crippen molar-refractivity contribution >= 4 is 50.7 Å². The Balaban J connectivity index is 1.82. The van der Waals surface area contributed by atoms with Gasteiger partial charge in [-0.3, -0.25) is 13.9 Å². The molecule has 2 amide bonds. The van der Waals surface area contributed by atoms with Gasteiger partial charge in [-0.2, -0.15) is 0 Å². The van der Waals surface area contributed by atoms with E-state index in [-0.39, 0.29) is 39.6 Å². The SMILES string of the molecule is CC[C@@H](C)NC(=O)[C@H](Cc1ccccc1)N(Cc1ccc(F)cc1)C(=O)CN(c1ccc(Cl)c(Cl)c1)S(=O)(=O)c1ccc(C)cc1. The van der Waals surface area contributed by atoms with Gasteiger partial charge in [-0.15, -0.1) is 0 Å². The molecule has 2 atom stereocenters. The zero-order chi connectivity index (χ0) is 33.4. The maximum atomic E-state index is 14.5. The normalized spacial score (nSPS) is 12.7. The zero-order valence-electron chi connectivity index (χ0n) is 25.8. The molecule has 0 unspecified atom stereocenters. The molecule has 0 saturated heterocycles.